The fraction of sp³-hybridized carbons (Fsp3) is 0.0476. The number of carbonyl (C=O) groups excluding carboxylic acids is 2. The van der Waals surface area contributed by atoms with E-state index < -0.39 is 24.5 Å². The third kappa shape index (κ3) is 3.10. The molecular weight excluding hydrogens is 451 g/mol. The molecule has 11 nitrogen and oxygen atoms in total. The molecule has 12 heteroatoms. The number of hydrogen-bond donors (Lipinski definition) is 3. The number of nitrogens with one attached hydrogen (secondary N) is 1. The minimum atomic E-state index is -4.75. The Kier molecular flexibility index (Phi) is 4.40. The molecular formula is C21H15N4O7P. The van der Waals surface area contributed by atoms with Crippen LogP contribution in [0.2, 0.25) is 0 Å². The van der Waals surface area contributed by atoms with Crippen LogP contribution in [0.15, 0.2) is 54.9 Å². The van der Waals surface area contributed by atoms with Gasteiger partial charge in [-0.15, -0.1) is 0 Å². The van der Waals surface area contributed by atoms with Crippen molar-refractivity contribution in [3.8, 4) is 0 Å². The molecule has 0 aliphatic carbocycles. The van der Waals surface area contributed by atoms with Gasteiger partial charge in [-0.05, 0) is 12.1 Å². The van der Waals surface area contributed by atoms with Gasteiger partial charge in [-0.1, -0.05) is 18.2 Å². The molecule has 166 valence electrons. The van der Waals surface area contributed by atoms with Gasteiger partial charge in [-0.2, -0.15) is 0 Å². The molecule has 0 atom stereocenters. The van der Waals surface area contributed by atoms with Crippen molar-refractivity contribution < 1.29 is 28.9 Å². The minimum absolute atomic E-state index is 0.0214. The first-order valence-electron chi connectivity index (χ1n) is 9.58. The summed E-state index contributed by atoms with van der Waals surface area (Å²) in [5, 5.41) is 14.3. The van der Waals surface area contributed by atoms with Crippen molar-refractivity contribution in [2.24, 2.45) is 7.05 Å². The summed E-state index contributed by atoms with van der Waals surface area (Å²) in [6.07, 6.45) is 2.75. The Balaban J connectivity index is 1.85. The van der Waals surface area contributed by atoms with Gasteiger partial charge in [0.2, 0.25) is 0 Å². The van der Waals surface area contributed by atoms with Crippen LogP contribution in [0.3, 0.4) is 0 Å². The number of nitro groups is 1. The summed E-state index contributed by atoms with van der Waals surface area (Å²) in [4.78, 5) is 56.0. The SMILES string of the molecule is Cn1cc(C2=C(c3cn(P(=O)(O)O)c4ccccc34)C(=O)NC2=O)c2ccc([N+](=O)[O-])cc21. The second-order valence-corrected chi connectivity index (χ2v) is 9.02. The largest absolute Gasteiger partial charge is 0.434 e. The molecule has 0 radical (unpaired) electrons. The lowest BCUT2D eigenvalue weighted by atomic mass is 9.95. The Hall–Kier alpha value is -4.05. The molecule has 3 heterocycles. The molecule has 1 aliphatic heterocycles. The van der Waals surface area contributed by atoms with Gasteiger partial charge >= 0.3 is 7.75 Å². The van der Waals surface area contributed by atoms with Gasteiger partial charge in [0.25, 0.3) is 17.5 Å². The average molecular weight is 466 g/mol. The number of amides is 2. The molecule has 0 bridgehead atoms. The van der Waals surface area contributed by atoms with Crippen LogP contribution in [-0.2, 0) is 21.2 Å². The van der Waals surface area contributed by atoms with Crippen molar-refractivity contribution in [3.05, 3.63) is 76.1 Å². The predicted octanol–water partition coefficient (Wildman–Crippen LogP) is 2.55. The maximum atomic E-state index is 12.9. The summed E-state index contributed by atoms with van der Waals surface area (Å²) in [6.45, 7) is 0. The van der Waals surface area contributed by atoms with E-state index in [1.807, 2.05) is 0 Å². The van der Waals surface area contributed by atoms with Crippen LogP contribution < -0.4 is 5.32 Å². The topological polar surface area (TPSA) is 157 Å². The molecule has 2 aromatic heterocycles. The zero-order valence-electron chi connectivity index (χ0n) is 16.9. The number of nitro benzene ring substituents is 1. The number of hydrogen-bond acceptors (Lipinski definition) is 5. The van der Waals surface area contributed by atoms with Crippen molar-refractivity contribution >= 4 is 58.2 Å². The number of aryl methyl sites for hydroxylation is 1. The first-order chi connectivity index (χ1) is 15.6. The zero-order valence-corrected chi connectivity index (χ0v) is 17.8. The van der Waals surface area contributed by atoms with E-state index in [4.69, 9.17) is 0 Å². The van der Waals surface area contributed by atoms with E-state index in [0.29, 0.717) is 21.9 Å². The van der Waals surface area contributed by atoms with Crippen LogP contribution in [0.4, 0.5) is 5.69 Å². The zero-order chi connectivity index (χ0) is 23.7. The van der Waals surface area contributed by atoms with Gasteiger partial charge in [-0.3, -0.25) is 29.4 Å². The highest BCUT2D eigenvalue weighted by molar-refractivity contribution is 7.50. The van der Waals surface area contributed by atoms with Crippen molar-refractivity contribution in [2.75, 3.05) is 0 Å². The van der Waals surface area contributed by atoms with E-state index in [1.165, 1.54) is 24.3 Å². The Morgan fingerprint density at radius 1 is 0.939 bits per heavy atom. The van der Waals surface area contributed by atoms with Crippen molar-refractivity contribution in [1.82, 2.24) is 14.2 Å². The molecule has 0 spiro atoms. The normalized spacial score (nSPS) is 14.5. The highest BCUT2D eigenvalue weighted by Gasteiger charge is 2.36. The molecule has 4 aromatic rings. The molecule has 2 amide bonds. The molecule has 0 saturated heterocycles. The molecule has 1 aliphatic rings. The van der Waals surface area contributed by atoms with Crippen LogP contribution >= 0.6 is 7.75 Å². The number of carbonyl (C=O) groups is 2. The van der Waals surface area contributed by atoms with Gasteiger partial charge in [0.1, 0.15) is 0 Å². The van der Waals surface area contributed by atoms with Crippen LogP contribution in [-0.4, -0.2) is 35.4 Å². The van der Waals surface area contributed by atoms with Crippen molar-refractivity contribution in [1.29, 1.82) is 0 Å². The number of imide groups is 1. The highest BCUT2D eigenvalue weighted by atomic mass is 31.2. The third-order valence-electron chi connectivity index (χ3n) is 5.63. The van der Waals surface area contributed by atoms with E-state index in [1.54, 1.807) is 36.0 Å². The standard InChI is InChI=1S/C21H15N4O7P/c1-23-9-14(13-7-6-11(25(28)29)8-17(13)23)18-19(21(27)22-20(18)26)15-10-24(33(30,31)32)16-5-3-2-4-12(15)16/h2-10H,1H3,(H,22,26,27)(H2,30,31,32). The van der Waals surface area contributed by atoms with E-state index in [-0.39, 0.29) is 27.9 Å². The van der Waals surface area contributed by atoms with E-state index in [9.17, 15) is 34.1 Å². The monoisotopic (exact) mass is 466 g/mol. The molecule has 5 rings (SSSR count). The fourth-order valence-electron chi connectivity index (χ4n) is 4.23. The lowest BCUT2D eigenvalue weighted by Gasteiger charge is -2.05. The number of rotatable bonds is 4. The maximum absolute atomic E-state index is 12.9. The Bertz CT molecular complexity index is 1620. The van der Waals surface area contributed by atoms with E-state index in [2.05, 4.69) is 5.32 Å². The molecule has 2 aromatic carbocycles. The fourth-order valence-corrected chi connectivity index (χ4v) is 4.95. The molecule has 0 saturated carbocycles. The Labute approximate surface area is 184 Å². The van der Waals surface area contributed by atoms with Gasteiger partial charge in [0, 0.05) is 53.5 Å². The number of fused-ring (bicyclic) bond motifs is 2. The van der Waals surface area contributed by atoms with E-state index >= 15 is 0 Å². The molecule has 33 heavy (non-hydrogen) atoms. The molecule has 3 N–H and O–H groups in total. The second kappa shape index (κ2) is 6.97. The van der Waals surface area contributed by atoms with E-state index in [0.717, 1.165) is 10.5 Å². The van der Waals surface area contributed by atoms with Crippen molar-refractivity contribution in [3.63, 3.8) is 0 Å². The number of aromatic nitrogens is 2. The van der Waals surface area contributed by atoms with Crippen LogP contribution in [0.1, 0.15) is 11.1 Å². The number of nitrogens with zero attached hydrogens (tertiary/aromatic N) is 3. The predicted molar refractivity (Wildman–Crippen MR) is 119 cm³/mol. The first kappa shape index (κ1) is 20.8. The second-order valence-electron chi connectivity index (χ2n) is 7.56. The quantitative estimate of drug-likeness (QED) is 0.181. The lowest BCUT2D eigenvalue weighted by Crippen LogP contribution is -2.22. The van der Waals surface area contributed by atoms with Gasteiger partial charge in [0.05, 0.1) is 27.1 Å². The van der Waals surface area contributed by atoms with Crippen LogP contribution in [0.5, 0.6) is 0 Å². The highest BCUT2D eigenvalue weighted by Crippen LogP contribution is 2.45. The van der Waals surface area contributed by atoms with Gasteiger partial charge in [0.15, 0.2) is 0 Å². The average Bonchev–Trinajstić information content (AvgIpc) is 3.38. The first-order valence-corrected chi connectivity index (χ1v) is 11.1. The number of para-hydroxylation sites is 1. The lowest BCUT2D eigenvalue weighted by molar-refractivity contribution is -0.384. The van der Waals surface area contributed by atoms with Crippen LogP contribution in [0, 0.1) is 10.1 Å². The third-order valence-corrected chi connectivity index (χ3v) is 6.52. The summed E-state index contributed by atoms with van der Waals surface area (Å²) < 4.78 is 14.4. The summed E-state index contributed by atoms with van der Waals surface area (Å²) in [5.74, 6) is -1.38. The summed E-state index contributed by atoms with van der Waals surface area (Å²) in [5.41, 5.74) is 1.10. The number of benzene rings is 2. The minimum Gasteiger partial charge on any atom is -0.350 e. The molecule has 0 unspecified atom stereocenters. The van der Waals surface area contributed by atoms with Crippen LogP contribution in [0.25, 0.3) is 33.0 Å². The summed E-state index contributed by atoms with van der Waals surface area (Å²) >= 11 is 0. The van der Waals surface area contributed by atoms with Gasteiger partial charge in [-0.25, -0.2) is 4.57 Å². The van der Waals surface area contributed by atoms with Gasteiger partial charge < -0.3 is 14.4 Å². The summed E-state index contributed by atoms with van der Waals surface area (Å²) in [7, 11) is -3.09. The van der Waals surface area contributed by atoms with Crippen molar-refractivity contribution in [2.45, 2.75) is 0 Å². The Morgan fingerprint density at radius 2 is 1.55 bits per heavy atom. The smallest absolute Gasteiger partial charge is 0.350 e. The molecule has 0 fully saturated rings. The Morgan fingerprint density at radius 3 is 2.18 bits per heavy atom. The maximum Gasteiger partial charge on any atom is 0.434 e. The number of non-ortho nitro benzene ring substituents is 1. The summed E-state index contributed by atoms with van der Waals surface area (Å²) in [6, 6.07) is 10.5.